The van der Waals surface area contributed by atoms with Gasteiger partial charge in [0.15, 0.2) is 0 Å². The van der Waals surface area contributed by atoms with Crippen LogP contribution in [0.5, 0.6) is 5.75 Å². The number of carboxylic acids is 1. The Bertz CT molecular complexity index is 1070. The maximum atomic E-state index is 11.7. The molecule has 0 aliphatic heterocycles. The first-order chi connectivity index (χ1) is 13.9. The van der Waals surface area contributed by atoms with Crippen molar-refractivity contribution in [3.05, 3.63) is 70.0 Å². The highest BCUT2D eigenvalue weighted by atomic mass is 16.6. The number of carboxylic acid groups (broad SMARTS) is 1. The van der Waals surface area contributed by atoms with Crippen LogP contribution in [-0.2, 0) is 0 Å². The number of aromatic carboxylic acids is 1. The fourth-order valence-electron chi connectivity index (χ4n) is 2.61. The van der Waals surface area contributed by atoms with E-state index in [1.165, 1.54) is 37.7 Å². The van der Waals surface area contributed by atoms with Crippen molar-refractivity contribution in [1.82, 2.24) is 9.97 Å². The highest BCUT2D eigenvalue weighted by molar-refractivity contribution is 5.88. The van der Waals surface area contributed by atoms with E-state index in [1.807, 2.05) is 13.0 Å². The molecule has 0 unspecified atom stereocenters. The number of methoxy groups -OCH3 is 1. The Morgan fingerprint density at radius 1 is 1.10 bits per heavy atom. The highest BCUT2D eigenvalue weighted by Gasteiger charge is 2.24. The third-order valence-corrected chi connectivity index (χ3v) is 4.01. The Morgan fingerprint density at radius 2 is 1.76 bits per heavy atom. The van der Waals surface area contributed by atoms with Crippen LogP contribution in [0.2, 0.25) is 0 Å². The molecule has 10 nitrogen and oxygen atoms in total. The Kier molecular flexibility index (Phi) is 5.54. The Morgan fingerprint density at radius 3 is 2.34 bits per heavy atom. The molecule has 1 heterocycles. The van der Waals surface area contributed by atoms with Crippen molar-refractivity contribution in [3.8, 4) is 5.75 Å². The maximum absolute atomic E-state index is 11.7. The number of carbonyl (C=O) groups is 1. The van der Waals surface area contributed by atoms with Crippen molar-refractivity contribution >= 4 is 34.7 Å². The van der Waals surface area contributed by atoms with Crippen LogP contribution in [0, 0.1) is 17.0 Å². The molecular formula is C19H17N5O5. The van der Waals surface area contributed by atoms with Gasteiger partial charge in [-0.05, 0) is 48.9 Å². The monoisotopic (exact) mass is 395 g/mol. The van der Waals surface area contributed by atoms with Crippen LogP contribution in [0.1, 0.15) is 15.9 Å². The lowest BCUT2D eigenvalue weighted by Gasteiger charge is -2.13. The average molecular weight is 395 g/mol. The predicted molar refractivity (Wildman–Crippen MR) is 106 cm³/mol. The van der Waals surface area contributed by atoms with Gasteiger partial charge in [0, 0.05) is 5.69 Å². The third-order valence-electron chi connectivity index (χ3n) is 4.01. The lowest BCUT2D eigenvalue weighted by Crippen LogP contribution is -2.06. The zero-order valence-electron chi connectivity index (χ0n) is 15.5. The number of hydrogen-bond acceptors (Lipinski definition) is 8. The van der Waals surface area contributed by atoms with Gasteiger partial charge in [-0.1, -0.05) is 6.07 Å². The van der Waals surface area contributed by atoms with Gasteiger partial charge < -0.3 is 20.5 Å². The van der Waals surface area contributed by atoms with E-state index in [0.717, 1.165) is 5.56 Å². The zero-order chi connectivity index (χ0) is 21.0. The molecule has 0 bridgehead atoms. The molecule has 0 amide bonds. The largest absolute Gasteiger partial charge is 0.495 e. The summed E-state index contributed by atoms with van der Waals surface area (Å²) in [5.41, 5.74) is 1.63. The maximum Gasteiger partial charge on any atom is 0.353 e. The minimum atomic E-state index is -1.07. The lowest BCUT2D eigenvalue weighted by molar-refractivity contribution is -0.383. The van der Waals surface area contributed by atoms with Crippen molar-refractivity contribution in [2.24, 2.45) is 0 Å². The second kappa shape index (κ2) is 8.21. The number of aryl methyl sites for hydroxylation is 1. The molecule has 29 heavy (non-hydrogen) atoms. The van der Waals surface area contributed by atoms with Gasteiger partial charge in [-0.25, -0.2) is 14.8 Å². The number of aromatic nitrogens is 2. The summed E-state index contributed by atoms with van der Waals surface area (Å²) in [6.07, 6.45) is 1.19. The third kappa shape index (κ3) is 4.38. The van der Waals surface area contributed by atoms with E-state index in [9.17, 15) is 14.9 Å². The van der Waals surface area contributed by atoms with Gasteiger partial charge in [0.1, 0.15) is 12.1 Å². The Hall–Kier alpha value is -4.21. The summed E-state index contributed by atoms with van der Waals surface area (Å²) in [5, 5.41) is 26.5. The van der Waals surface area contributed by atoms with Gasteiger partial charge in [0.25, 0.3) is 0 Å². The Balaban J connectivity index is 1.97. The molecule has 0 aliphatic rings. The smallest absolute Gasteiger partial charge is 0.353 e. The molecule has 0 spiro atoms. The molecule has 3 rings (SSSR count). The molecule has 2 aromatic carbocycles. The molecule has 0 atom stereocenters. The van der Waals surface area contributed by atoms with Gasteiger partial charge in [-0.3, -0.25) is 10.1 Å². The molecule has 148 valence electrons. The second-order valence-electron chi connectivity index (χ2n) is 6.01. The predicted octanol–water partition coefficient (Wildman–Crippen LogP) is 3.89. The number of nitro groups is 1. The number of anilines is 4. The van der Waals surface area contributed by atoms with E-state index in [4.69, 9.17) is 9.84 Å². The summed E-state index contributed by atoms with van der Waals surface area (Å²) in [7, 11) is 1.50. The summed E-state index contributed by atoms with van der Waals surface area (Å²) in [6.45, 7) is 1.88. The fourth-order valence-corrected chi connectivity index (χ4v) is 2.61. The van der Waals surface area contributed by atoms with Gasteiger partial charge in [-0.2, -0.15) is 0 Å². The van der Waals surface area contributed by atoms with Crippen molar-refractivity contribution < 1.29 is 19.6 Å². The topological polar surface area (TPSA) is 140 Å². The summed E-state index contributed by atoms with van der Waals surface area (Å²) in [5.74, 6) is -0.619. The number of rotatable bonds is 7. The average Bonchev–Trinajstić information content (AvgIpc) is 2.68. The number of nitrogens with one attached hydrogen (secondary N) is 2. The molecule has 1 aromatic heterocycles. The lowest BCUT2D eigenvalue weighted by atomic mass is 10.2. The van der Waals surface area contributed by atoms with Crippen molar-refractivity contribution in [2.45, 2.75) is 6.92 Å². The number of hydrogen-bond donors (Lipinski definition) is 3. The molecule has 0 aliphatic carbocycles. The van der Waals surface area contributed by atoms with Crippen molar-refractivity contribution in [1.29, 1.82) is 0 Å². The SMILES string of the molecule is COc1ccc(C)cc1Nc1ncnc(Nc2ccc(C(=O)O)cc2)c1[N+](=O)[O-]. The van der Waals surface area contributed by atoms with Crippen LogP contribution in [0.4, 0.5) is 28.7 Å². The first kappa shape index (κ1) is 19.5. The molecule has 10 heteroatoms. The first-order valence-corrected chi connectivity index (χ1v) is 8.40. The van der Waals surface area contributed by atoms with Crippen LogP contribution in [0.25, 0.3) is 0 Å². The van der Waals surface area contributed by atoms with Gasteiger partial charge >= 0.3 is 11.7 Å². The van der Waals surface area contributed by atoms with Crippen molar-refractivity contribution in [2.75, 3.05) is 17.7 Å². The van der Waals surface area contributed by atoms with E-state index < -0.39 is 10.9 Å². The molecule has 0 radical (unpaired) electrons. The highest BCUT2D eigenvalue weighted by Crippen LogP contribution is 2.35. The number of nitrogens with zero attached hydrogens (tertiary/aromatic N) is 3. The van der Waals surface area contributed by atoms with E-state index in [2.05, 4.69) is 20.6 Å². The number of ether oxygens (including phenoxy) is 1. The van der Waals surface area contributed by atoms with E-state index in [0.29, 0.717) is 17.1 Å². The standard InChI is InChI=1S/C19H17N5O5/c1-11-3-8-15(29-2)14(9-11)23-18-16(24(27)28)17(20-10-21-18)22-13-6-4-12(5-7-13)19(25)26/h3-10H,1-2H3,(H,25,26)(H2,20,21,22,23). The van der Waals surface area contributed by atoms with Crippen molar-refractivity contribution in [3.63, 3.8) is 0 Å². The minimum Gasteiger partial charge on any atom is -0.495 e. The second-order valence-corrected chi connectivity index (χ2v) is 6.01. The van der Waals surface area contributed by atoms with Crippen LogP contribution in [-0.4, -0.2) is 33.1 Å². The fraction of sp³-hybridized carbons (Fsp3) is 0.105. The summed E-state index contributed by atoms with van der Waals surface area (Å²) in [4.78, 5) is 30.1. The molecule has 3 N–H and O–H groups in total. The van der Waals surface area contributed by atoms with Gasteiger partial charge in [0.05, 0.1) is 23.3 Å². The van der Waals surface area contributed by atoms with Crippen LogP contribution >= 0.6 is 0 Å². The zero-order valence-corrected chi connectivity index (χ0v) is 15.5. The van der Waals surface area contributed by atoms with Crippen LogP contribution in [0.15, 0.2) is 48.8 Å². The summed E-state index contributed by atoms with van der Waals surface area (Å²) in [6, 6.07) is 11.1. The number of benzene rings is 2. The van der Waals surface area contributed by atoms with Gasteiger partial charge in [0.2, 0.25) is 11.6 Å². The van der Waals surface area contributed by atoms with E-state index in [1.54, 1.807) is 12.1 Å². The minimum absolute atomic E-state index is 0.0152. The molecule has 3 aromatic rings. The quantitative estimate of drug-likeness (QED) is 0.401. The summed E-state index contributed by atoms with van der Waals surface area (Å²) < 4.78 is 5.29. The molecule has 0 saturated heterocycles. The van der Waals surface area contributed by atoms with E-state index >= 15 is 0 Å². The molecule has 0 fully saturated rings. The van der Waals surface area contributed by atoms with Crippen LogP contribution in [0.3, 0.4) is 0 Å². The van der Waals surface area contributed by atoms with E-state index in [-0.39, 0.29) is 22.9 Å². The molecular weight excluding hydrogens is 378 g/mol. The first-order valence-electron chi connectivity index (χ1n) is 8.40. The molecule has 0 saturated carbocycles. The summed E-state index contributed by atoms with van der Waals surface area (Å²) >= 11 is 0. The van der Waals surface area contributed by atoms with Crippen LogP contribution < -0.4 is 15.4 Å². The van der Waals surface area contributed by atoms with Gasteiger partial charge in [-0.15, -0.1) is 0 Å². The Labute approximate surface area is 165 Å². The normalized spacial score (nSPS) is 10.3.